The second kappa shape index (κ2) is 6.75. The Labute approximate surface area is 101 Å². The van der Waals surface area contributed by atoms with Crippen molar-refractivity contribution in [3.8, 4) is 11.5 Å². The molecule has 1 aromatic rings. The molecule has 5 nitrogen and oxygen atoms in total. The van der Waals surface area contributed by atoms with Gasteiger partial charge in [-0.1, -0.05) is 12.1 Å². The van der Waals surface area contributed by atoms with E-state index in [2.05, 4.69) is 0 Å². The van der Waals surface area contributed by atoms with Crippen LogP contribution in [-0.2, 0) is 4.79 Å². The van der Waals surface area contributed by atoms with Crippen molar-refractivity contribution in [3.05, 3.63) is 24.3 Å². The SMILES string of the molecule is COc1ccccc1OCCN(C)CC(N)=O. The molecular formula is C12H18N2O3. The number of carbonyl (C=O) groups excluding carboxylic acids is 1. The maximum Gasteiger partial charge on any atom is 0.231 e. The van der Waals surface area contributed by atoms with E-state index >= 15 is 0 Å². The first-order chi connectivity index (χ1) is 8.13. The molecule has 0 fully saturated rings. The summed E-state index contributed by atoms with van der Waals surface area (Å²) in [6.45, 7) is 1.33. The molecule has 0 atom stereocenters. The number of para-hydroxylation sites is 2. The zero-order chi connectivity index (χ0) is 12.7. The Hall–Kier alpha value is -1.75. The molecule has 5 heteroatoms. The standard InChI is InChI=1S/C12H18N2O3/c1-14(9-12(13)15)7-8-17-11-6-4-3-5-10(11)16-2/h3-6H,7-9H2,1-2H3,(H2,13,15). The summed E-state index contributed by atoms with van der Waals surface area (Å²) < 4.78 is 10.7. The van der Waals surface area contributed by atoms with Crippen LogP contribution in [0, 0.1) is 0 Å². The van der Waals surface area contributed by atoms with Crippen LogP contribution in [0.5, 0.6) is 11.5 Å². The molecule has 94 valence electrons. The van der Waals surface area contributed by atoms with Gasteiger partial charge in [0, 0.05) is 6.54 Å². The van der Waals surface area contributed by atoms with Crippen molar-refractivity contribution in [1.29, 1.82) is 0 Å². The fraction of sp³-hybridized carbons (Fsp3) is 0.417. The number of nitrogens with zero attached hydrogens (tertiary/aromatic N) is 1. The van der Waals surface area contributed by atoms with Crippen molar-refractivity contribution >= 4 is 5.91 Å². The van der Waals surface area contributed by atoms with E-state index in [9.17, 15) is 4.79 Å². The van der Waals surface area contributed by atoms with Crippen LogP contribution in [0.1, 0.15) is 0 Å². The highest BCUT2D eigenvalue weighted by atomic mass is 16.5. The molecule has 0 spiro atoms. The van der Waals surface area contributed by atoms with Gasteiger partial charge in [-0.15, -0.1) is 0 Å². The van der Waals surface area contributed by atoms with Crippen molar-refractivity contribution in [3.63, 3.8) is 0 Å². The number of primary amides is 1. The Morgan fingerprint density at radius 3 is 2.59 bits per heavy atom. The van der Waals surface area contributed by atoms with Gasteiger partial charge >= 0.3 is 0 Å². The van der Waals surface area contributed by atoms with E-state index < -0.39 is 0 Å². The highest BCUT2D eigenvalue weighted by molar-refractivity contribution is 5.75. The quantitative estimate of drug-likeness (QED) is 0.751. The number of likely N-dealkylation sites (N-methyl/N-ethyl adjacent to an activating group) is 1. The third-order valence-corrected chi connectivity index (χ3v) is 2.23. The predicted molar refractivity (Wildman–Crippen MR) is 65.2 cm³/mol. The van der Waals surface area contributed by atoms with E-state index in [-0.39, 0.29) is 12.5 Å². The summed E-state index contributed by atoms with van der Waals surface area (Å²) in [7, 11) is 3.41. The van der Waals surface area contributed by atoms with Gasteiger partial charge in [0.15, 0.2) is 11.5 Å². The zero-order valence-corrected chi connectivity index (χ0v) is 10.2. The van der Waals surface area contributed by atoms with Gasteiger partial charge in [0.2, 0.25) is 5.91 Å². The first-order valence-corrected chi connectivity index (χ1v) is 5.36. The Morgan fingerprint density at radius 1 is 1.35 bits per heavy atom. The number of methoxy groups -OCH3 is 1. The lowest BCUT2D eigenvalue weighted by Gasteiger charge is -2.15. The van der Waals surface area contributed by atoms with E-state index in [1.54, 1.807) is 12.0 Å². The van der Waals surface area contributed by atoms with Crippen molar-refractivity contribution in [1.82, 2.24) is 4.90 Å². The van der Waals surface area contributed by atoms with Crippen molar-refractivity contribution in [2.75, 3.05) is 33.9 Å². The van der Waals surface area contributed by atoms with Gasteiger partial charge in [-0.05, 0) is 19.2 Å². The fourth-order valence-electron chi connectivity index (χ4n) is 1.39. The third-order valence-electron chi connectivity index (χ3n) is 2.23. The van der Waals surface area contributed by atoms with Crippen molar-refractivity contribution in [2.45, 2.75) is 0 Å². The lowest BCUT2D eigenvalue weighted by atomic mass is 10.3. The predicted octanol–water partition coefficient (Wildman–Crippen LogP) is 0.491. The number of benzene rings is 1. The molecule has 0 radical (unpaired) electrons. The fourth-order valence-corrected chi connectivity index (χ4v) is 1.39. The summed E-state index contributed by atoms with van der Waals surface area (Å²) in [5.74, 6) is 1.05. The highest BCUT2D eigenvalue weighted by Gasteiger charge is 2.05. The van der Waals surface area contributed by atoms with Crippen LogP contribution >= 0.6 is 0 Å². The van der Waals surface area contributed by atoms with Gasteiger partial charge < -0.3 is 15.2 Å². The zero-order valence-electron chi connectivity index (χ0n) is 10.2. The Kier molecular flexibility index (Phi) is 5.29. The van der Waals surface area contributed by atoms with E-state index in [0.717, 1.165) is 0 Å². The minimum absolute atomic E-state index is 0.231. The number of nitrogens with two attached hydrogens (primary N) is 1. The summed E-state index contributed by atoms with van der Waals surface area (Å²) in [4.78, 5) is 12.5. The first kappa shape index (κ1) is 13.3. The molecule has 1 amide bonds. The lowest BCUT2D eigenvalue weighted by molar-refractivity contribution is -0.118. The molecule has 2 N–H and O–H groups in total. The van der Waals surface area contributed by atoms with Crippen LogP contribution < -0.4 is 15.2 Å². The Morgan fingerprint density at radius 2 is 2.00 bits per heavy atom. The molecule has 1 rings (SSSR count). The minimum atomic E-state index is -0.343. The molecular weight excluding hydrogens is 220 g/mol. The van der Waals surface area contributed by atoms with Gasteiger partial charge in [0.05, 0.1) is 13.7 Å². The first-order valence-electron chi connectivity index (χ1n) is 5.36. The maximum absolute atomic E-state index is 10.7. The van der Waals surface area contributed by atoms with Gasteiger partial charge in [-0.25, -0.2) is 0 Å². The van der Waals surface area contributed by atoms with Crippen LogP contribution in [0.3, 0.4) is 0 Å². The summed E-state index contributed by atoms with van der Waals surface area (Å²) in [5.41, 5.74) is 5.08. The second-order valence-corrected chi connectivity index (χ2v) is 3.70. The summed E-state index contributed by atoms with van der Waals surface area (Å²) >= 11 is 0. The molecule has 0 heterocycles. The smallest absolute Gasteiger partial charge is 0.231 e. The van der Waals surface area contributed by atoms with Crippen LogP contribution in [0.4, 0.5) is 0 Å². The number of carbonyl (C=O) groups is 1. The Balaban J connectivity index is 2.37. The molecule has 0 bridgehead atoms. The van der Waals surface area contributed by atoms with Crippen LogP contribution in [0.2, 0.25) is 0 Å². The molecule has 0 aliphatic carbocycles. The summed E-state index contributed by atoms with van der Waals surface area (Å²) in [6.07, 6.45) is 0. The van der Waals surface area contributed by atoms with E-state index in [4.69, 9.17) is 15.2 Å². The molecule has 0 aliphatic heterocycles. The number of rotatable bonds is 7. The average Bonchev–Trinajstić information content (AvgIpc) is 2.28. The lowest BCUT2D eigenvalue weighted by Crippen LogP contribution is -2.33. The largest absolute Gasteiger partial charge is 0.493 e. The number of hydrogen-bond acceptors (Lipinski definition) is 4. The number of ether oxygens (including phenoxy) is 2. The average molecular weight is 238 g/mol. The number of amides is 1. The van der Waals surface area contributed by atoms with Crippen molar-refractivity contribution in [2.24, 2.45) is 5.73 Å². The number of hydrogen-bond donors (Lipinski definition) is 1. The maximum atomic E-state index is 10.7. The van der Waals surface area contributed by atoms with Gasteiger partial charge in [-0.3, -0.25) is 9.69 Å². The Bertz CT molecular complexity index is 369. The summed E-state index contributed by atoms with van der Waals surface area (Å²) in [5, 5.41) is 0. The second-order valence-electron chi connectivity index (χ2n) is 3.70. The molecule has 17 heavy (non-hydrogen) atoms. The van der Waals surface area contributed by atoms with Gasteiger partial charge in [0.25, 0.3) is 0 Å². The van der Waals surface area contributed by atoms with Crippen molar-refractivity contribution < 1.29 is 14.3 Å². The molecule has 0 aromatic heterocycles. The van der Waals surface area contributed by atoms with E-state index in [0.29, 0.717) is 24.7 Å². The molecule has 1 aromatic carbocycles. The molecule has 0 saturated carbocycles. The van der Waals surface area contributed by atoms with Crippen LogP contribution in [0.25, 0.3) is 0 Å². The summed E-state index contributed by atoms with van der Waals surface area (Å²) in [6, 6.07) is 7.44. The van der Waals surface area contributed by atoms with Crippen LogP contribution in [-0.4, -0.2) is 44.7 Å². The van der Waals surface area contributed by atoms with E-state index in [1.807, 2.05) is 31.3 Å². The normalized spacial score (nSPS) is 10.3. The van der Waals surface area contributed by atoms with Crippen LogP contribution in [0.15, 0.2) is 24.3 Å². The monoisotopic (exact) mass is 238 g/mol. The third kappa shape index (κ3) is 4.74. The van der Waals surface area contributed by atoms with Gasteiger partial charge in [0.1, 0.15) is 6.61 Å². The minimum Gasteiger partial charge on any atom is -0.493 e. The molecule has 0 unspecified atom stereocenters. The van der Waals surface area contributed by atoms with E-state index in [1.165, 1.54) is 0 Å². The highest BCUT2D eigenvalue weighted by Crippen LogP contribution is 2.25. The molecule has 0 aliphatic rings. The van der Waals surface area contributed by atoms with Gasteiger partial charge in [-0.2, -0.15) is 0 Å². The molecule has 0 saturated heterocycles. The topological polar surface area (TPSA) is 64.8 Å².